The molecular formula is C12H19N3O2S. The van der Waals surface area contributed by atoms with Gasteiger partial charge in [0.2, 0.25) is 0 Å². The Balaban J connectivity index is 1.99. The van der Waals surface area contributed by atoms with Crippen molar-refractivity contribution < 1.29 is 9.90 Å². The summed E-state index contributed by atoms with van der Waals surface area (Å²) in [6.45, 7) is 0.826. The molecule has 1 aliphatic rings. The van der Waals surface area contributed by atoms with Gasteiger partial charge < -0.3 is 15.3 Å². The average Bonchev–Trinajstić information content (AvgIpc) is 2.96. The monoisotopic (exact) mass is 269 g/mol. The Morgan fingerprint density at radius 1 is 1.56 bits per heavy atom. The van der Waals surface area contributed by atoms with Crippen LogP contribution < -0.4 is 5.32 Å². The summed E-state index contributed by atoms with van der Waals surface area (Å²) in [5.41, 5.74) is 0.308. The Bertz CT molecular complexity index is 425. The zero-order valence-corrected chi connectivity index (χ0v) is 11.6. The van der Waals surface area contributed by atoms with Gasteiger partial charge in [-0.1, -0.05) is 12.8 Å². The number of carboxylic acid groups (broad SMARTS) is 1. The Morgan fingerprint density at radius 3 is 2.72 bits per heavy atom. The largest absolute Gasteiger partial charge is 0.476 e. The smallest absolute Gasteiger partial charge is 0.355 e. The highest BCUT2D eigenvalue weighted by Gasteiger charge is 2.35. The van der Waals surface area contributed by atoms with Crippen molar-refractivity contribution in [2.45, 2.75) is 31.2 Å². The van der Waals surface area contributed by atoms with E-state index in [2.05, 4.69) is 29.3 Å². The summed E-state index contributed by atoms with van der Waals surface area (Å²) >= 11 is 1.35. The second kappa shape index (κ2) is 5.24. The molecule has 0 unspecified atom stereocenters. The lowest BCUT2D eigenvalue weighted by atomic mass is 9.96. The van der Waals surface area contributed by atoms with Gasteiger partial charge in [0.25, 0.3) is 0 Å². The first-order chi connectivity index (χ1) is 8.53. The summed E-state index contributed by atoms with van der Waals surface area (Å²) in [5, 5.41) is 14.4. The van der Waals surface area contributed by atoms with E-state index in [0.29, 0.717) is 5.13 Å². The first kappa shape index (κ1) is 13.3. The molecule has 18 heavy (non-hydrogen) atoms. The number of aromatic carboxylic acids is 1. The SMILES string of the molecule is CN(C)C1(CNc2nc(C(=O)O)cs2)CCCC1. The van der Waals surface area contributed by atoms with Crippen molar-refractivity contribution in [1.82, 2.24) is 9.88 Å². The van der Waals surface area contributed by atoms with Gasteiger partial charge in [-0.3, -0.25) is 0 Å². The van der Waals surface area contributed by atoms with Crippen molar-refractivity contribution in [2.75, 3.05) is 26.0 Å². The predicted molar refractivity (Wildman–Crippen MR) is 72.4 cm³/mol. The molecule has 0 atom stereocenters. The summed E-state index contributed by atoms with van der Waals surface area (Å²) < 4.78 is 0. The minimum Gasteiger partial charge on any atom is -0.476 e. The maximum atomic E-state index is 10.8. The summed E-state index contributed by atoms with van der Waals surface area (Å²) in [4.78, 5) is 17.1. The lowest BCUT2D eigenvalue weighted by Gasteiger charge is -2.36. The number of hydrogen-bond donors (Lipinski definition) is 2. The van der Waals surface area contributed by atoms with Gasteiger partial charge >= 0.3 is 5.97 Å². The summed E-state index contributed by atoms with van der Waals surface area (Å²) in [7, 11) is 4.22. The molecule has 1 saturated carbocycles. The Hall–Kier alpha value is -1.14. The van der Waals surface area contributed by atoms with E-state index >= 15 is 0 Å². The number of thiazole rings is 1. The number of anilines is 1. The van der Waals surface area contributed by atoms with Crippen LogP contribution in [0.4, 0.5) is 5.13 Å². The van der Waals surface area contributed by atoms with E-state index in [4.69, 9.17) is 5.11 Å². The van der Waals surface area contributed by atoms with Gasteiger partial charge in [0.05, 0.1) is 0 Å². The highest BCUT2D eigenvalue weighted by molar-refractivity contribution is 7.13. The van der Waals surface area contributed by atoms with Gasteiger partial charge in [-0.2, -0.15) is 0 Å². The molecule has 0 aromatic carbocycles. The van der Waals surface area contributed by atoms with Gasteiger partial charge in [-0.15, -0.1) is 11.3 Å². The standard InChI is InChI=1S/C12H19N3O2S/c1-15(2)12(5-3-4-6-12)8-13-11-14-9(7-18-11)10(16)17/h7H,3-6,8H2,1-2H3,(H,13,14)(H,16,17). The van der Waals surface area contributed by atoms with Crippen molar-refractivity contribution in [2.24, 2.45) is 0 Å². The first-order valence-corrected chi connectivity index (χ1v) is 7.02. The third kappa shape index (κ3) is 2.64. The van der Waals surface area contributed by atoms with Crippen molar-refractivity contribution in [3.05, 3.63) is 11.1 Å². The third-order valence-corrected chi connectivity index (χ3v) is 4.57. The van der Waals surface area contributed by atoms with E-state index < -0.39 is 5.97 Å². The highest BCUT2D eigenvalue weighted by Crippen LogP contribution is 2.34. The van der Waals surface area contributed by atoms with Crippen LogP contribution in [0.1, 0.15) is 36.2 Å². The fourth-order valence-electron chi connectivity index (χ4n) is 2.51. The van der Waals surface area contributed by atoms with E-state index in [-0.39, 0.29) is 11.2 Å². The molecule has 5 nitrogen and oxygen atoms in total. The molecule has 1 fully saturated rings. The molecule has 6 heteroatoms. The third-order valence-electron chi connectivity index (χ3n) is 3.77. The van der Waals surface area contributed by atoms with Crippen molar-refractivity contribution in [3.63, 3.8) is 0 Å². The van der Waals surface area contributed by atoms with Crippen LogP contribution >= 0.6 is 11.3 Å². The first-order valence-electron chi connectivity index (χ1n) is 6.14. The fraction of sp³-hybridized carbons (Fsp3) is 0.667. The number of hydrogen-bond acceptors (Lipinski definition) is 5. The number of likely N-dealkylation sites (N-methyl/N-ethyl adjacent to an activating group) is 1. The van der Waals surface area contributed by atoms with Gasteiger partial charge in [-0.05, 0) is 26.9 Å². The molecule has 100 valence electrons. The van der Waals surface area contributed by atoms with Gasteiger partial charge in [0.1, 0.15) is 0 Å². The normalized spacial score (nSPS) is 18.2. The molecule has 0 bridgehead atoms. The Kier molecular flexibility index (Phi) is 3.87. The molecule has 0 radical (unpaired) electrons. The molecule has 0 spiro atoms. The molecule has 1 aliphatic carbocycles. The van der Waals surface area contributed by atoms with Gasteiger partial charge in [-0.25, -0.2) is 9.78 Å². The van der Waals surface area contributed by atoms with Crippen molar-refractivity contribution in [3.8, 4) is 0 Å². The molecule has 1 heterocycles. The van der Waals surface area contributed by atoms with Crippen molar-refractivity contribution >= 4 is 22.4 Å². The van der Waals surface area contributed by atoms with Crippen LogP contribution in [0.3, 0.4) is 0 Å². The molecule has 0 aliphatic heterocycles. The van der Waals surface area contributed by atoms with Crippen molar-refractivity contribution in [1.29, 1.82) is 0 Å². The quantitative estimate of drug-likeness (QED) is 0.857. The van der Waals surface area contributed by atoms with E-state index in [0.717, 1.165) is 6.54 Å². The van der Waals surface area contributed by atoms with E-state index in [1.807, 2.05) is 0 Å². The molecule has 0 saturated heterocycles. The van der Waals surface area contributed by atoms with Crippen LogP contribution in [0.15, 0.2) is 5.38 Å². The second-order valence-electron chi connectivity index (χ2n) is 5.02. The summed E-state index contributed by atoms with van der Waals surface area (Å²) in [6, 6.07) is 0. The highest BCUT2D eigenvalue weighted by atomic mass is 32.1. The molecule has 2 rings (SSSR count). The van der Waals surface area contributed by atoms with Gasteiger partial charge in [0.15, 0.2) is 10.8 Å². The number of carboxylic acids is 1. The average molecular weight is 269 g/mol. The maximum Gasteiger partial charge on any atom is 0.355 e. The van der Waals surface area contributed by atoms with Crippen LogP contribution in [0, 0.1) is 0 Å². The predicted octanol–water partition coefficient (Wildman–Crippen LogP) is 2.13. The molecular weight excluding hydrogens is 250 g/mol. The molecule has 1 aromatic heterocycles. The van der Waals surface area contributed by atoms with E-state index in [1.54, 1.807) is 5.38 Å². The summed E-state index contributed by atoms with van der Waals surface area (Å²) in [6.07, 6.45) is 4.89. The minimum atomic E-state index is -0.970. The second-order valence-corrected chi connectivity index (χ2v) is 5.88. The van der Waals surface area contributed by atoms with Crippen LogP contribution in [-0.2, 0) is 0 Å². The maximum absolute atomic E-state index is 10.8. The van der Waals surface area contributed by atoms with E-state index in [1.165, 1.54) is 37.0 Å². The molecule has 1 aromatic rings. The number of rotatable bonds is 5. The number of nitrogens with zero attached hydrogens (tertiary/aromatic N) is 2. The van der Waals surface area contributed by atoms with Crippen LogP contribution in [0.5, 0.6) is 0 Å². The fourth-order valence-corrected chi connectivity index (χ4v) is 3.19. The zero-order valence-electron chi connectivity index (χ0n) is 10.8. The zero-order chi connectivity index (χ0) is 13.2. The van der Waals surface area contributed by atoms with Gasteiger partial charge in [0, 0.05) is 17.5 Å². The van der Waals surface area contributed by atoms with Crippen LogP contribution in [-0.4, -0.2) is 47.1 Å². The minimum absolute atomic E-state index is 0.118. The molecule has 0 amide bonds. The lowest BCUT2D eigenvalue weighted by molar-refractivity contribution is 0.0691. The number of nitrogens with one attached hydrogen (secondary N) is 1. The number of carbonyl (C=O) groups is 1. The topological polar surface area (TPSA) is 65.5 Å². The van der Waals surface area contributed by atoms with E-state index in [9.17, 15) is 4.79 Å². The van der Waals surface area contributed by atoms with Crippen LogP contribution in [0.2, 0.25) is 0 Å². The summed E-state index contributed by atoms with van der Waals surface area (Å²) in [5.74, 6) is -0.970. The number of aromatic nitrogens is 1. The molecule has 2 N–H and O–H groups in total. The Labute approximate surface area is 111 Å². The lowest BCUT2D eigenvalue weighted by Crippen LogP contribution is -2.47. The Morgan fingerprint density at radius 2 is 2.22 bits per heavy atom. The van der Waals surface area contributed by atoms with Crippen LogP contribution in [0.25, 0.3) is 0 Å².